The average Bonchev–Trinajstić information content (AvgIpc) is 2.66. The van der Waals surface area contributed by atoms with Crippen molar-refractivity contribution >= 4 is 17.6 Å². The van der Waals surface area contributed by atoms with Crippen LogP contribution in [-0.4, -0.2) is 67.5 Å². The zero-order chi connectivity index (χ0) is 19.8. The highest BCUT2D eigenvalue weighted by Crippen LogP contribution is 2.14. The van der Waals surface area contributed by atoms with Crippen molar-refractivity contribution in [3.8, 4) is 6.07 Å². The van der Waals surface area contributed by atoms with E-state index in [1.54, 1.807) is 12.3 Å². The van der Waals surface area contributed by atoms with Crippen molar-refractivity contribution in [3.63, 3.8) is 0 Å². The minimum absolute atomic E-state index is 0.0788. The fourth-order valence-electron chi connectivity index (χ4n) is 2.94. The van der Waals surface area contributed by atoms with E-state index in [1.807, 2.05) is 26.0 Å². The lowest BCUT2D eigenvalue weighted by molar-refractivity contribution is -0.123. The first-order chi connectivity index (χ1) is 12.9. The lowest BCUT2D eigenvalue weighted by atomic mass is 10.0. The van der Waals surface area contributed by atoms with Crippen LogP contribution in [0.4, 0.5) is 5.82 Å². The van der Waals surface area contributed by atoms with Gasteiger partial charge in [-0.1, -0.05) is 13.8 Å². The van der Waals surface area contributed by atoms with Gasteiger partial charge in [0.1, 0.15) is 18.4 Å². The highest BCUT2D eigenvalue weighted by atomic mass is 16.2. The summed E-state index contributed by atoms with van der Waals surface area (Å²) in [5.74, 6) is 0.386. The van der Waals surface area contributed by atoms with Crippen LogP contribution in [0.5, 0.6) is 0 Å². The molecule has 1 atom stereocenters. The van der Waals surface area contributed by atoms with Gasteiger partial charge in [-0.25, -0.2) is 4.98 Å². The molecule has 0 aliphatic carbocycles. The molecule has 8 nitrogen and oxygen atoms in total. The minimum Gasteiger partial charge on any atom is -0.354 e. The first-order valence-electron chi connectivity index (χ1n) is 9.25. The standard InChI is InChI=1S/C19H28N6O2/c1-14(2)12-16(19(27)21-7-6-20)23-18(26)15-4-5-17(22-13-15)25-10-8-24(3)9-11-25/h4-5,13-14,16H,7-12H2,1-3H3,(H,21,27)(H,23,26)/t16-/m0/s1. The van der Waals surface area contributed by atoms with Gasteiger partial charge in [0, 0.05) is 32.4 Å². The Hall–Kier alpha value is -2.66. The fourth-order valence-corrected chi connectivity index (χ4v) is 2.94. The smallest absolute Gasteiger partial charge is 0.253 e. The van der Waals surface area contributed by atoms with E-state index < -0.39 is 6.04 Å². The Labute approximate surface area is 160 Å². The van der Waals surface area contributed by atoms with Gasteiger partial charge in [0.05, 0.1) is 11.6 Å². The molecule has 2 rings (SSSR count). The third-order valence-electron chi connectivity index (χ3n) is 4.51. The molecule has 27 heavy (non-hydrogen) atoms. The fraction of sp³-hybridized carbons (Fsp3) is 0.579. The van der Waals surface area contributed by atoms with E-state index in [-0.39, 0.29) is 24.3 Å². The Balaban J connectivity index is 2.00. The van der Waals surface area contributed by atoms with Crippen molar-refractivity contribution in [2.45, 2.75) is 26.3 Å². The first kappa shape index (κ1) is 20.6. The number of anilines is 1. The summed E-state index contributed by atoms with van der Waals surface area (Å²) in [5, 5.41) is 13.9. The van der Waals surface area contributed by atoms with Crippen molar-refractivity contribution in [3.05, 3.63) is 23.9 Å². The molecule has 1 aliphatic heterocycles. The lowest BCUT2D eigenvalue weighted by Crippen LogP contribution is -2.47. The molecule has 1 aromatic rings. The number of carbonyl (C=O) groups is 2. The second-order valence-corrected chi connectivity index (χ2v) is 7.23. The topological polar surface area (TPSA) is 101 Å². The Kier molecular flexibility index (Phi) is 7.55. The van der Waals surface area contributed by atoms with Crippen LogP contribution in [0.3, 0.4) is 0 Å². The molecule has 2 heterocycles. The predicted molar refractivity (Wildman–Crippen MR) is 103 cm³/mol. The summed E-state index contributed by atoms with van der Waals surface area (Å²) in [6.45, 7) is 7.66. The molecular formula is C19H28N6O2. The summed E-state index contributed by atoms with van der Waals surface area (Å²) in [6.07, 6.45) is 2.04. The molecule has 2 amide bonds. The summed E-state index contributed by atoms with van der Waals surface area (Å²) in [7, 11) is 2.10. The van der Waals surface area contributed by atoms with Crippen molar-refractivity contribution in [1.29, 1.82) is 5.26 Å². The van der Waals surface area contributed by atoms with E-state index in [1.165, 1.54) is 0 Å². The normalized spacial score (nSPS) is 15.9. The monoisotopic (exact) mass is 372 g/mol. The molecule has 0 unspecified atom stereocenters. The molecule has 1 fully saturated rings. The Bertz CT molecular complexity index is 674. The summed E-state index contributed by atoms with van der Waals surface area (Å²) in [4.78, 5) is 33.6. The van der Waals surface area contributed by atoms with Gasteiger partial charge in [-0.2, -0.15) is 5.26 Å². The maximum Gasteiger partial charge on any atom is 0.253 e. The van der Waals surface area contributed by atoms with Crippen molar-refractivity contribution in [1.82, 2.24) is 20.5 Å². The largest absolute Gasteiger partial charge is 0.354 e. The number of nitriles is 1. The summed E-state index contributed by atoms with van der Waals surface area (Å²) in [6, 6.07) is 4.76. The zero-order valence-corrected chi connectivity index (χ0v) is 16.2. The number of likely N-dealkylation sites (N-methyl/N-ethyl adjacent to an activating group) is 1. The number of piperazine rings is 1. The quantitative estimate of drug-likeness (QED) is 0.681. The zero-order valence-electron chi connectivity index (χ0n) is 16.2. The highest BCUT2D eigenvalue weighted by molar-refractivity contribution is 5.97. The Morgan fingerprint density at radius 1 is 1.26 bits per heavy atom. The van der Waals surface area contributed by atoms with E-state index in [0.29, 0.717) is 12.0 Å². The van der Waals surface area contributed by atoms with Crippen LogP contribution in [0.2, 0.25) is 0 Å². The molecule has 0 bridgehead atoms. The average molecular weight is 372 g/mol. The lowest BCUT2D eigenvalue weighted by Gasteiger charge is -2.33. The van der Waals surface area contributed by atoms with Gasteiger partial charge in [-0.05, 0) is 31.5 Å². The molecule has 1 aromatic heterocycles. The predicted octanol–water partition coefficient (Wildman–Crippen LogP) is 0.618. The van der Waals surface area contributed by atoms with Gasteiger partial charge in [0.15, 0.2) is 0 Å². The van der Waals surface area contributed by atoms with E-state index >= 15 is 0 Å². The number of hydrogen-bond donors (Lipinski definition) is 2. The number of rotatable bonds is 7. The Morgan fingerprint density at radius 2 is 1.96 bits per heavy atom. The second kappa shape index (κ2) is 9.88. The van der Waals surface area contributed by atoms with E-state index in [2.05, 4.69) is 32.5 Å². The van der Waals surface area contributed by atoms with E-state index in [4.69, 9.17) is 5.26 Å². The molecule has 0 aromatic carbocycles. The van der Waals surface area contributed by atoms with Crippen LogP contribution < -0.4 is 15.5 Å². The van der Waals surface area contributed by atoms with Crippen LogP contribution in [0.25, 0.3) is 0 Å². The number of nitrogens with zero attached hydrogens (tertiary/aromatic N) is 4. The maximum atomic E-state index is 12.5. The molecule has 1 aliphatic rings. The van der Waals surface area contributed by atoms with Gasteiger partial charge in [-0.3, -0.25) is 9.59 Å². The van der Waals surface area contributed by atoms with Crippen LogP contribution >= 0.6 is 0 Å². The number of amides is 2. The molecule has 0 spiro atoms. The number of hydrogen-bond acceptors (Lipinski definition) is 6. The second-order valence-electron chi connectivity index (χ2n) is 7.23. The number of carbonyl (C=O) groups excluding carboxylic acids is 2. The van der Waals surface area contributed by atoms with Crippen LogP contribution in [0.1, 0.15) is 30.6 Å². The molecule has 8 heteroatoms. The summed E-state index contributed by atoms with van der Waals surface area (Å²) in [5.41, 5.74) is 0.412. The third kappa shape index (κ3) is 6.22. The van der Waals surface area contributed by atoms with Gasteiger partial charge in [0.25, 0.3) is 5.91 Å². The summed E-state index contributed by atoms with van der Waals surface area (Å²) < 4.78 is 0. The van der Waals surface area contributed by atoms with Gasteiger partial charge in [-0.15, -0.1) is 0 Å². The van der Waals surface area contributed by atoms with E-state index in [0.717, 1.165) is 32.0 Å². The van der Waals surface area contributed by atoms with E-state index in [9.17, 15) is 9.59 Å². The van der Waals surface area contributed by atoms with Crippen LogP contribution in [0, 0.1) is 17.2 Å². The van der Waals surface area contributed by atoms with Crippen LogP contribution in [0.15, 0.2) is 18.3 Å². The molecular weight excluding hydrogens is 344 g/mol. The number of aromatic nitrogens is 1. The van der Waals surface area contributed by atoms with Gasteiger partial charge in [0.2, 0.25) is 5.91 Å². The van der Waals surface area contributed by atoms with Crippen molar-refractivity contribution < 1.29 is 9.59 Å². The molecule has 1 saturated heterocycles. The first-order valence-corrected chi connectivity index (χ1v) is 9.25. The third-order valence-corrected chi connectivity index (χ3v) is 4.51. The van der Waals surface area contributed by atoms with Gasteiger partial charge < -0.3 is 20.4 Å². The van der Waals surface area contributed by atoms with Crippen LogP contribution in [-0.2, 0) is 4.79 Å². The Morgan fingerprint density at radius 3 is 2.52 bits per heavy atom. The molecule has 2 N–H and O–H groups in total. The van der Waals surface area contributed by atoms with Crippen molar-refractivity contribution in [2.75, 3.05) is 44.7 Å². The maximum absolute atomic E-state index is 12.5. The SMILES string of the molecule is CC(C)C[C@H](NC(=O)c1ccc(N2CCN(C)CC2)nc1)C(=O)NCC#N. The number of pyridine rings is 1. The highest BCUT2D eigenvalue weighted by Gasteiger charge is 2.23. The van der Waals surface area contributed by atoms with Crippen molar-refractivity contribution in [2.24, 2.45) is 5.92 Å². The molecule has 0 radical (unpaired) electrons. The minimum atomic E-state index is -0.678. The molecule has 0 saturated carbocycles. The summed E-state index contributed by atoms with van der Waals surface area (Å²) >= 11 is 0. The number of nitrogens with one attached hydrogen (secondary N) is 2. The molecule has 146 valence electrons. The van der Waals surface area contributed by atoms with Gasteiger partial charge >= 0.3 is 0 Å².